The third-order valence-electron chi connectivity index (χ3n) is 5.81. The van der Waals surface area contributed by atoms with E-state index in [4.69, 9.17) is 4.74 Å². The van der Waals surface area contributed by atoms with Crippen LogP contribution in [0.1, 0.15) is 48.3 Å². The monoisotopic (exact) mass is 497 g/mol. The van der Waals surface area contributed by atoms with Crippen LogP contribution >= 0.6 is 23.1 Å². The van der Waals surface area contributed by atoms with E-state index in [9.17, 15) is 9.59 Å². The molecule has 10 heteroatoms. The van der Waals surface area contributed by atoms with Crippen molar-refractivity contribution in [3.05, 3.63) is 41.3 Å². The zero-order valence-corrected chi connectivity index (χ0v) is 20.7. The van der Waals surface area contributed by atoms with Crippen molar-refractivity contribution in [2.24, 2.45) is 0 Å². The molecule has 1 saturated heterocycles. The summed E-state index contributed by atoms with van der Waals surface area (Å²) in [4.78, 5) is 29.0. The number of amides is 1. The van der Waals surface area contributed by atoms with E-state index >= 15 is 0 Å². The Kier molecular flexibility index (Phi) is 6.87. The lowest BCUT2D eigenvalue weighted by molar-refractivity contribution is -0.113. The molecule has 1 saturated carbocycles. The summed E-state index contributed by atoms with van der Waals surface area (Å²) in [6, 6.07) is 12.1. The Hall–Kier alpha value is -2.85. The number of thioether (sulfide) groups is 1. The average Bonchev–Trinajstić information content (AvgIpc) is 3.24. The fraction of sp³-hybridized carbons (Fsp3) is 0.417. The van der Waals surface area contributed by atoms with Gasteiger partial charge in [-0.1, -0.05) is 42.1 Å². The number of carbonyl (C=O) groups excluding carboxylic acids is 2. The van der Waals surface area contributed by atoms with Gasteiger partial charge in [0.05, 0.1) is 18.0 Å². The minimum Gasteiger partial charge on any atom is -0.462 e. The summed E-state index contributed by atoms with van der Waals surface area (Å²) in [5.74, 6) is 0.490. The summed E-state index contributed by atoms with van der Waals surface area (Å²) in [6.45, 7) is 4.06. The van der Waals surface area contributed by atoms with Gasteiger partial charge in [0.25, 0.3) is 0 Å². The number of nitrogens with one attached hydrogen (secondary N) is 1. The van der Waals surface area contributed by atoms with Gasteiger partial charge in [0.1, 0.15) is 4.88 Å². The van der Waals surface area contributed by atoms with Crippen LogP contribution in [0, 0.1) is 0 Å². The molecule has 34 heavy (non-hydrogen) atoms. The van der Waals surface area contributed by atoms with Crippen molar-refractivity contribution >= 4 is 46.6 Å². The Labute approximate surface area is 206 Å². The first-order valence-electron chi connectivity index (χ1n) is 11.6. The lowest BCUT2D eigenvalue weighted by atomic mass is 10.2. The Morgan fingerprint density at radius 2 is 1.94 bits per heavy atom. The van der Waals surface area contributed by atoms with E-state index in [0.29, 0.717) is 16.6 Å². The van der Waals surface area contributed by atoms with Crippen LogP contribution in [0.5, 0.6) is 0 Å². The number of benzene rings is 1. The van der Waals surface area contributed by atoms with Gasteiger partial charge in [-0.3, -0.25) is 9.36 Å². The van der Waals surface area contributed by atoms with Crippen LogP contribution in [0.3, 0.4) is 0 Å². The number of hydrogen-bond donors (Lipinski definition) is 1. The van der Waals surface area contributed by atoms with Gasteiger partial charge >= 0.3 is 5.97 Å². The summed E-state index contributed by atoms with van der Waals surface area (Å²) >= 11 is 2.71. The molecular formula is C24H27N5O3S2. The summed E-state index contributed by atoms with van der Waals surface area (Å²) in [5.41, 5.74) is 1.47. The third-order valence-corrected chi connectivity index (χ3v) is 7.91. The highest BCUT2D eigenvalue weighted by Crippen LogP contribution is 2.41. The topological polar surface area (TPSA) is 89.3 Å². The van der Waals surface area contributed by atoms with Gasteiger partial charge in [0.15, 0.2) is 5.16 Å². The molecule has 0 spiro atoms. The van der Waals surface area contributed by atoms with Gasteiger partial charge in [0, 0.05) is 24.0 Å². The van der Waals surface area contributed by atoms with Crippen molar-refractivity contribution in [3.63, 3.8) is 0 Å². The maximum Gasteiger partial charge on any atom is 0.350 e. The van der Waals surface area contributed by atoms with Crippen molar-refractivity contribution in [2.45, 2.75) is 43.8 Å². The summed E-state index contributed by atoms with van der Waals surface area (Å²) in [6.07, 6.45) is 4.60. The Bertz CT molecular complexity index is 1170. The molecule has 0 bridgehead atoms. The van der Waals surface area contributed by atoms with Crippen molar-refractivity contribution in [1.82, 2.24) is 14.8 Å². The van der Waals surface area contributed by atoms with Crippen molar-refractivity contribution in [3.8, 4) is 10.4 Å². The van der Waals surface area contributed by atoms with E-state index in [1.54, 1.807) is 6.92 Å². The molecular weight excluding hydrogens is 470 g/mol. The number of hydrogen-bond acceptors (Lipinski definition) is 8. The molecule has 3 aromatic rings. The predicted octanol–water partition coefficient (Wildman–Crippen LogP) is 4.85. The van der Waals surface area contributed by atoms with Gasteiger partial charge < -0.3 is 15.0 Å². The highest BCUT2D eigenvalue weighted by Gasteiger charge is 2.32. The smallest absolute Gasteiger partial charge is 0.350 e. The second-order valence-electron chi connectivity index (χ2n) is 8.35. The van der Waals surface area contributed by atoms with Crippen LogP contribution in [0.25, 0.3) is 10.4 Å². The van der Waals surface area contributed by atoms with E-state index < -0.39 is 5.97 Å². The largest absolute Gasteiger partial charge is 0.462 e. The second-order valence-corrected chi connectivity index (χ2v) is 10.3. The van der Waals surface area contributed by atoms with E-state index in [2.05, 4.69) is 25.0 Å². The molecule has 1 amide bonds. The highest BCUT2D eigenvalue weighted by molar-refractivity contribution is 7.99. The number of nitrogens with zero attached hydrogens (tertiary/aromatic N) is 4. The van der Waals surface area contributed by atoms with Gasteiger partial charge in [-0.25, -0.2) is 4.79 Å². The van der Waals surface area contributed by atoms with E-state index in [1.807, 2.05) is 36.4 Å². The maximum absolute atomic E-state index is 12.9. The van der Waals surface area contributed by atoms with Gasteiger partial charge in [-0.05, 0) is 44.2 Å². The molecule has 1 N–H and O–H groups in total. The molecule has 178 valence electrons. The van der Waals surface area contributed by atoms with E-state index in [0.717, 1.165) is 47.5 Å². The molecule has 2 aromatic heterocycles. The van der Waals surface area contributed by atoms with Crippen LogP contribution < -0.4 is 10.2 Å². The van der Waals surface area contributed by atoms with E-state index in [1.165, 1.54) is 35.9 Å². The first-order valence-corrected chi connectivity index (χ1v) is 13.4. The van der Waals surface area contributed by atoms with Crippen molar-refractivity contribution in [1.29, 1.82) is 0 Å². The molecule has 0 unspecified atom stereocenters. The quantitative estimate of drug-likeness (QED) is 0.334. The standard InChI is InChI=1S/C24H27N5O3S2/c1-2-32-22(31)21-18(14-19(34-21)16-8-4-3-5-9-16)25-20(30)15-33-24-27-26-23(28-12-6-7-13-28)29(24)17-10-11-17/h3-5,8-9,14,17H,2,6-7,10-13,15H2,1H3,(H,25,30). The van der Waals surface area contributed by atoms with Gasteiger partial charge in [-0.15, -0.1) is 21.5 Å². The number of thiophene rings is 1. The minimum absolute atomic E-state index is 0.184. The number of rotatable bonds is 9. The normalized spacial score (nSPS) is 15.5. The first-order chi connectivity index (χ1) is 16.6. The SMILES string of the molecule is CCOC(=O)c1sc(-c2ccccc2)cc1NC(=O)CSc1nnc(N2CCCC2)n1C1CC1. The number of anilines is 2. The van der Waals surface area contributed by atoms with Crippen LogP contribution in [0.4, 0.5) is 11.6 Å². The minimum atomic E-state index is -0.429. The van der Waals surface area contributed by atoms with Crippen LogP contribution in [-0.4, -0.2) is 52.1 Å². The Morgan fingerprint density at radius 1 is 1.18 bits per heavy atom. The van der Waals surface area contributed by atoms with Crippen molar-refractivity contribution in [2.75, 3.05) is 35.7 Å². The zero-order valence-electron chi connectivity index (χ0n) is 19.0. The third kappa shape index (κ3) is 4.97. The van der Waals surface area contributed by atoms with Gasteiger partial charge in [-0.2, -0.15) is 0 Å². The number of carbonyl (C=O) groups is 2. The molecule has 0 atom stereocenters. The summed E-state index contributed by atoms with van der Waals surface area (Å²) in [5, 5.41) is 12.5. The lowest BCUT2D eigenvalue weighted by Gasteiger charge is -2.17. The highest BCUT2D eigenvalue weighted by atomic mass is 32.2. The predicted molar refractivity (Wildman–Crippen MR) is 135 cm³/mol. The Morgan fingerprint density at radius 3 is 2.65 bits per heavy atom. The Balaban J connectivity index is 1.30. The second kappa shape index (κ2) is 10.2. The van der Waals surface area contributed by atoms with Gasteiger partial charge in [0.2, 0.25) is 11.9 Å². The van der Waals surface area contributed by atoms with Crippen molar-refractivity contribution < 1.29 is 14.3 Å². The summed E-state index contributed by atoms with van der Waals surface area (Å²) in [7, 11) is 0. The zero-order chi connectivity index (χ0) is 23.5. The van der Waals surface area contributed by atoms with Crippen LogP contribution in [-0.2, 0) is 9.53 Å². The molecule has 0 radical (unpaired) electrons. The molecule has 1 aliphatic carbocycles. The first kappa shape index (κ1) is 22.9. The fourth-order valence-electron chi connectivity index (χ4n) is 4.05. The maximum atomic E-state index is 12.9. The molecule has 2 fully saturated rings. The summed E-state index contributed by atoms with van der Waals surface area (Å²) < 4.78 is 7.42. The molecule has 1 aromatic carbocycles. The number of esters is 1. The average molecular weight is 498 g/mol. The number of ether oxygens (including phenoxy) is 1. The molecule has 2 aliphatic rings. The molecule has 8 nitrogen and oxygen atoms in total. The van der Waals surface area contributed by atoms with E-state index in [-0.39, 0.29) is 18.3 Å². The number of aromatic nitrogens is 3. The van der Waals surface area contributed by atoms with Crippen LogP contribution in [0.15, 0.2) is 41.6 Å². The molecule has 5 rings (SSSR count). The van der Waals surface area contributed by atoms with Crippen LogP contribution in [0.2, 0.25) is 0 Å². The fourth-order valence-corrected chi connectivity index (χ4v) is 5.86. The molecule has 3 heterocycles. The molecule has 1 aliphatic heterocycles. The lowest BCUT2D eigenvalue weighted by Crippen LogP contribution is -2.22.